The smallest absolute Gasteiger partial charge is 0.158 e. The molecule has 1 aliphatic carbocycles. The molecular formula is C16H17Cl2NO. The number of rotatable bonds is 3. The standard InChI is InChI=1S/C16H17Cl2NO/c1-15(2)14(16(15,3)4)13(20)10(8-19)9-5-6-11(17)12(18)7-9/h5-7,10,14H,1-4H3. The number of carbonyl (C=O) groups excluding carboxylic acids is 1. The number of Topliss-reactive ketones (excluding diaryl/α,β-unsaturated/α-hetero) is 1. The summed E-state index contributed by atoms with van der Waals surface area (Å²) in [6.07, 6.45) is 0. The maximum atomic E-state index is 12.7. The van der Waals surface area contributed by atoms with Crippen LogP contribution in [0.15, 0.2) is 18.2 Å². The Morgan fingerprint density at radius 2 is 1.75 bits per heavy atom. The van der Waals surface area contributed by atoms with Crippen LogP contribution in [0.1, 0.15) is 39.2 Å². The maximum absolute atomic E-state index is 12.7. The third kappa shape index (κ3) is 2.14. The largest absolute Gasteiger partial charge is 0.297 e. The molecule has 1 aromatic rings. The number of nitriles is 1. The zero-order valence-electron chi connectivity index (χ0n) is 12.0. The van der Waals surface area contributed by atoms with E-state index in [-0.39, 0.29) is 22.5 Å². The van der Waals surface area contributed by atoms with Gasteiger partial charge in [0.05, 0.1) is 16.1 Å². The summed E-state index contributed by atoms with van der Waals surface area (Å²) in [5.41, 5.74) is 0.468. The van der Waals surface area contributed by atoms with Crippen LogP contribution in [0, 0.1) is 28.1 Å². The highest BCUT2D eigenvalue weighted by Crippen LogP contribution is 2.69. The summed E-state index contributed by atoms with van der Waals surface area (Å²) >= 11 is 11.8. The topological polar surface area (TPSA) is 40.9 Å². The Morgan fingerprint density at radius 3 is 2.15 bits per heavy atom. The number of halogens is 2. The predicted molar refractivity (Wildman–Crippen MR) is 80.9 cm³/mol. The number of ketones is 1. The number of hydrogen-bond acceptors (Lipinski definition) is 2. The quantitative estimate of drug-likeness (QED) is 0.800. The van der Waals surface area contributed by atoms with E-state index in [0.717, 1.165) is 0 Å². The second-order valence-corrected chi connectivity index (χ2v) is 7.33. The molecule has 20 heavy (non-hydrogen) atoms. The van der Waals surface area contributed by atoms with Crippen LogP contribution in [0.2, 0.25) is 10.0 Å². The first kappa shape index (κ1) is 15.4. The SMILES string of the molecule is CC1(C)C(C(=O)C(C#N)c2ccc(Cl)c(Cl)c2)C1(C)C. The normalized spacial score (nSPS) is 21.1. The molecule has 1 saturated carbocycles. The fourth-order valence-corrected chi connectivity index (χ4v) is 3.38. The molecular weight excluding hydrogens is 293 g/mol. The molecule has 0 spiro atoms. The Morgan fingerprint density at radius 1 is 1.20 bits per heavy atom. The van der Waals surface area contributed by atoms with Crippen molar-refractivity contribution in [3.05, 3.63) is 33.8 Å². The van der Waals surface area contributed by atoms with E-state index in [4.69, 9.17) is 23.2 Å². The number of nitrogens with zero attached hydrogens (tertiary/aromatic N) is 1. The van der Waals surface area contributed by atoms with Crippen LogP contribution >= 0.6 is 23.2 Å². The van der Waals surface area contributed by atoms with Gasteiger partial charge in [-0.1, -0.05) is 57.0 Å². The van der Waals surface area contributed by atoms with Gasteiger partial charge in [-0.25, -0.2) is 0 Å². The lowest BCUT2D eigenvalue weighted by molar-refractivity contribution is -0.121. The lowest BCUT2D eigenvalue weighted by Gasteiger charge is -2.11. The van der Waals surface area contributed by atoms with Crippen LogP contribution in [0.5, 0.6) is 0 Å². The molecule has 0 heterocycles. The molecule has 0 aliphatic heterocycles. The van der Waals surface area contributed by atoms with Crippen LogP contribution in [-0.2, 0) is 4.79 Å². The first-order valence-corrected chi connectivity index (χ1v) is 7.28. The van der Waals surface area contributed by atoms with Crippen molar-refractivity contribution in [2.45, 2.75) is 33.6 Å². The second-order valence-electron chi connectivity index (χ2n) is 6.51. The van der Waals surface area contributed by atoms with E-state index >= 15 is 0 Å². The summed E-state index contributed by atoms with van der Waals surface area (Å²) in [5.74, 6) is -0.911. The van der Waals surface area contributed by atoms with Crippen LogP contribution in [0.25, 0.3) is 0 Å². The van der Waals surface area contributed by atoms with Crippen LogP contribution in [0.4, 0.5) is 0 Å². The van der Waals surface area contributed by atoms with Gasteiger partial charge in [-0.05, 0) is 28.5 Å². The average Bonchev–Trinajstić information content (AvgIpc) is 2.75. The van der Waals surface area contributed by atoms with Gasteiger partial charge in [0.1, 0.15) is 5.92 Å². The zero-order chi connectivity index (χ0) is 15.3. The summed E-state index contributed by atoms with van der Waals surface area (Å²) in [7, 11) is 0. The van der Waals surface area contributed by atoms with Gasteiger partial charge in [-0.15, -0.1) is 0 Å². The van der Waals surface area contributed by atoms with Gasteiger partial charge in [-0.2, -0.15) is 5.26 Å². The zero-order valence-corrected chi connectivity index (χ0v) is 13.5. The summed E-state index contributed by atoms with van der Waals surface area (Å²) in [5, 5.41) is 10.2. The number of hydrogen-bond donors (Lipinski definition) is 0. The van der Waals surface area contributed by atoms with E-state index in [1.54, 1.807) is 18.2 Å². The van der Waals surface area contributed by atoms with Gasteiger partial charge in [0.25, 0.3) is 0 Å². The third-order valence-electron chi connectivity index (χ3n) is 5.00. The fourth-order valence-electron chi connectivity index (χ4n) is 3.07. The lowest BCUT2D eigenvalue weighted by Crippen LogP contribution is -2.16. The van der Waals surface area contributed by atoms with Gasteiger partial charge < -0.3 is 0 Å². The molecule has 1 unspecified atom stereocenters. The Kier molecular flexibility index (Phi) is 3.65. The summed E-state index contributed by atoms with van der Waals surface area (Å²) in [6.45, 7) is 8.27. The van der Waals surface area contributed by atoms with Crippen LogP contribution in [0.3, 0.4) is 0 Å². The minimum Gasteiger partial charge on any atom is -0.297 e. The second kappa shape index (κ2) is 4.76. The van der Waals surface area contributed by atoms with Gasteiger partial charge in [0.15, 0.2) is 5.78 Å². The van der Waals surface area contributed by atoms with Crippen molar-refractivity contribution in [1.29, 1.82) is 5.26 Å². The Balaban J connectivity index is 2.33. The molecule has 1 fully saturated rings. The minimum absolute atomic E-state index is 0.0270. The first-order chi connectivity index (χ1) is 9.14. The highest BCUT2D eigenvalue weighted by molar-refractivity contribution is 6.42. The molecule has 0 amide bonds. The van der Waals surface area contributed by atoms with E-state index in [1.807, 2.05) is 0 Å². The molecule has 0 bridgehead atoms. The Hall–Kier alpha value is -1.04. The maximum Gasteiger partial charge on any atom is 0.158 e. The lowest BCUT2D eigenvalue weighted by atomic mass is 9.90. The van der Waals surface area contributed by atoms with Crippen molar-refractivity contribution in [1.82, 2.24) is 0 Å². The first-order valence-electron chi connectivity index (χ1n) is 6.53. The minimum atomic E-state index is -0.782. The van der Waals surface area contributed by atoms with Crippen molar-refractivity contribution in [3.63, 3.8) is 0 Å². The highest BCUT2D eigenvalue weighted by atomic mass is 35.5. The van der Waals surface area contributed by atoms with E-state index in [9.17, 15) is 10.1 Å². The van der Waals surface area contributed by atoms with Gasteiger partial charge in [-0.3, -0.25) is 4.79 Å². The van der Waals surface area contributed by atoms with Gasteiger partial charge in [0, 0.05) is 5.92 Å². The summed E-state index contributed by atoms with van der Waals surface area (Å²) in [4.78, 5) is 12.7. The number of benzene rings is 1. The molecule has 1 atom stereocenters. The molecule has 2 nitrogen and oxygen atoms in total. The van der Waals surface area contributed by atoms with E-state index in [2.05, 4.69) is 33.8 Å². The summed E-state index contributed by atoms with van der Waals surface area (Å²) < 4.78 is 0. The molecule has 106 valence electrons. The van der Waals surface area contributed by atoms with E-state index in [0.29, 0.717) is 15.6 Å². The van der Waals surface area contributed by atoms with Crippen molar-refractivity contribution in [3.8, 4) is 6.07 Å². The molecule has 1 aliphatic rings. The van der Waals surface area contributed by atoms with Crippen LogP contribution in [-0.4, -0.2) is 5.78 Å². The van der Waals surface area contributed by atoms with Gasteiger partial charge in [0.2, 0.25) is 0 Å². The molecule has 0 N–H and O–H groups in total. The Labute approximate surface area is 129 Å². The van der Waals surface area contributed by atoms with Crippen molar-refractivity contribution in [2.24, 2.45) is 16.7 Å². The van der Waals surface area contributed by atoms with Gasteiger partial charge >= 0.3 is 0 Å². The summed E-state index contributed by atoms with van der Waals surface area (Å²) in [6, 6.07) is 7.04. The van der Waals surface area contributed by atoms with Crippen molar-refractivity contribution in [2.75, 3.05) is 0 Å². The van der Waals surface area contributed by atoms with E-state index < -0.39 is 5.92 Å². The molecule has 2 rings (SSSR count). The van der Waals surface area contributed by atoms with Crippen molar-refractivity contribution < 1.29 is 4.79 Å². The van der Waals surface area contributed by atoms with Crippen LogP contribution < -0.4 is 0 Å². The highest BCUT2D eigenvalue weighted by Gasteiger charge is 2.68. The molecule has 0 radical (unpaired) electrons. The molecule has 0 aromatic heterocycles. The Bertz CT molecular complexity index is 599. The average molecular weight is 310 g/mol. The predicted octanol–water partition coefficient (Wildman–Crippen LogP) is 4.85. The third-order valence-corrected chi connectivity index (χ3v) is 5.73. The molecule has 0 saturated heterocycles. The monoisotopic (exact) mass is 309 g/mol. The molecule has 1 aromatic carbocycles. The van der Waals surface area contributed by atoms with Crippen molar-refractivity contribution >= 4 is 29.0 Å². The number of carbonyl (C=O) groups is 1. The molecule has 4 heteroatoms. The fraction of sp³-hybridized carbons (Fsp3) is 0.500. The van der Waals surface area contributed by atoms with E-state index in [1.165, 1.54) is 0 Å².